The molecule has 0 radical (unpaired) electrons. The van der Waals surface area contributed by atoms with Gasteiger partial charge in [-0.25, -0.2) is 17.6 Å². The summed E-state index contributed by atoms with van der Waals surface area (Å²) in [4.78, 5) is 25.8. The molecule has 0 aliphatic carbocycles. The monoisotopic (exact) mass is 548 g/mol. The molecule has 0 unspecified atom stereocenters. The molecule has 0 bridgehead atoms. The van der Waals surface area contributed by atoms with Crippen LogP contribution in [-0.2, 0) is 14.8 Å². The highest BCUT2D eigenvalue weighted by Crippen LogP contribution is 2.27. The normalized spacial score (nSPS) is 11.3. The van der Waals surface area contributed by atoms with Gasteiger partial charge in [0.2, 0.25) is 5.78 Å². The number of ether oxygens (including phenoxy) is 1. The van der Waals surface area contributed by atoms with Crippen molar-refractivity contribution in [3.05, 3.63) is 113 Å². The van der Waals surface area contributed by atoms with Gasteiger partial charge in [-0.1, -0.05) is 36.4 Å². The van der Waals surface area contributed by atoms with Gasteiger partial charge in [0.15, 0.2) is 6.61 Å². The van der Waals surface area contributed by atoms with E-state index in [4.69, 9.17) is 4.74 Å². The van der Waals surface area contributed by atoms with E-state index in [1.54, 1.807) is 86.9 Å². The summed E-state index contributed by atoms with van der Waals surface area (Å²) < 4.78 is 49.6. The van der Waals surface area contributed by atoms with E-state index < -0.39 is 34.2 Å². The summed E-state index contributed by atoms with van der Waals surface area (Å²) in [7, 11) is -3.98. The van der Waals surface area contributed by atoms with Crippen LogP contribution < -0.4 is 4.31 Å². The van der Waals surface area contributed by atoms with Crippen LogP contribution in [0.25, 0.3) is 5.69 Å². The van der Waals surface area contributed by atoms with Crippen LogP contribution in [0.4, 0.5) is 10.1 Å². The van der Waals surface area contributed by atoms with Gasteiger partial charge in [-0.3, -0.25) is 9.10 Å². The Morgan fingerprint density at radius 1 is 0.923 bits per heavy atom. The Bertz CT molecular complexity index is 1650. The van der Waals surface area contributed by atoms with Gasteiger partial charge in [-0.05, 0) is 75.7 Å². The zero-order chi connectivity index (χ0) is 28.3. The highest BCUT2D eigenvalue weighted by atomic mass is 32.2. The third kappa shape index (κ3) is 5.49. The highest BCUT2D eigenvalue weighted by Gasteiger charge is 2.27. The van der Waals surface area contributed by atoms with Crippen molar-refractivity contribution in [3.8, 4) is 5.69 Å². The largest absolute Gasteiger partial charge is 0.454 e. The second kappa shape index (κ2) is 11.2. The number of benzene rings is 3. The molecule has 0 amide bonds. The lowest BCUT2D eigenvalue weighted by atomic mass is 10.1. The van der Waals surface area contributed by atoms with Gasteiger partial charge in [0.1, 0.15) is 5.82 Å². The lowest BCUT2D eigenvalue weighted by Crippen LogP contribution is -2.31. The van der Waals surface area contributed by atoms with E-state index in [9.17, 15) is 22.4 Å². The van der Waals surface area contributed by atoms with Crippen LogP contribution in [0.2, 0.25) is 0 Å². The molecule has 1 heterocycles. The second-order valence-corrected chi connectivity index (χ2v) is 10.9. The minimum absolute atomic E-state index is 0.00733. The smallest absolute Gasteiger partial charge is 0.338 e. The van der Waals surface area contributed by atoms with E-state index in [1.807, 2.05) is 0 Å². The van der Waals surface area contributed by atoms with Crippen LogP contribution in [-0.4, -0.2) is 37.9 Å². The topological polar surface area (TPSA) is 85.7 Å². The van der Waals surface area contributed by atoms with E-state index in [-0.39, 0.29) is 17.0 Å². The van der Waals surface area contributed by atoms with Gasteiger partial charge in [0.05, 0.1) is 21.8 Å². The molecule has 0 N–H and O–H groups in total. The predicted octanol–water partition coefficient (Wildman–Crippen LogP) is 5.80. The Hall–Kier alpha value is -4.24. The third-order valence-electron chi connectivity index (χ3n) is 6.48. The van der Waals surface area contributed by atoms with Crippen LogP contribution in [0.3, 0.4) is 0 Å². The van der Waals surface area contributed by atoms with Gasteiger partial charge < -0.3 is 9.30 Å². The first kappa shape index (κ1) is 27.8. The maximum atomic E-state index is 14.4. The number of rotatable bonds is 9. The van der Waals surface area contributed by atoms with Gasteiger partial charge in [0.25, 0.3) is 10.0 Å². The van der Waals surface area contributed by atoms with Gasteiger partial charge in [-0.15, -0.1) is 0 Å². The number of aromatic nitrogens is 1. The molecule has 7 nitrogen and oxygen atoms in total. The number of nitrogens with zero attached hydrogens (tertiary/aromatic N) is 2. The molecule has 0 saturated heterocycles. The van der Waals surface area contributed by atoms with E-state index in [0.717, 1.165) is 0 Å². The number of aryl methyl sites for hydroxylation is 2. The Labute approximate surface area is 227 Å². The lowest BCUT2D eigenvalue weighted by Gasteiger charge is -2.24. The van der Waals surface area contributed by atoms with Crippen molar-refractivity contribution >= 4 is 27.5 Å². The van der Waals surface area contributed by atoms with Crippen molar-refractivity contribution in [2.45, 2.75) is 32.6 Å². The summed E-state index contributed by atoms with van der Waals surface area (Å²) in [5, 5.41) is 0. The SMILES string of the molecule is CCN(c1ccccc1)S(=O)(=O)c1cc(C(=O)OCC(=O)c2cc(C)n(-c3ccccc3F)c2C)ccc1C. The zero-order valence-electron chi connectivity index (χ0n) is 22.1. The Morgan fingerprint density at radius 2 is 1.59 bits per heavy atom. The van der Waals surface area contributed by atoms with Crippen molar-refractivity contribution in [2.75, 3.05) is 17.5 Å². The summed E-state index contributed by atoms with van der Waals surface area (Å²) >= 11 is 0. The fourth-order valence-electron chi connectivity index (χ4n) is 4.55. The third-order valence-corrected chi connectivity index (χ3v) is 8.53. The summed E-state index contributed by atoms with van der Waals surface area (Å²) in [6, 6.07) is 20.8. The van der Waals surface area contributed by atoms with Crippen molar-refractivity contribution in [1.29, 1.82) is 0 Å². The molecule has 9 heteroatoms. The van der Waals surface area contributed by atoms with E-state index >= 15 is 0 Å². The quantitative estimate of drug-likeness (QED) is 0.195. The van der Waals surface area contributed by atoms with Gasteiger partial charge in [-0.2, -0.15) is 0 Å². The van der Waals surface area contributed by atoms with Crippen molar-refractivity contribution in [3.63, 3.8) is 0 Å². The fraction of sp³-hybridized carbons (Fsp3) is 0.200. The van der Waals surface area contributed by atoms with Crippen molar-refractivity contribution in [2.24, 2.45) is 0 Å². The molecule has 0 atom stereocenters. The Balaban J connectivity index is 1.55. The average molecular weight is 549 g/mol. The van der Waals surface area contributed by atoms with E-state index in [1.165, 1.54) is 28.6 Å². The van der Waals surface area contributed by atoms with Crippen LogP contribution in [0.15, 0.2) is 83.8 Å². The zero-order valence-corrected chi connectivity index (χ0v) is 23.0. The minimum Gasteiger partial charge on any atom is -0.454 e. The molecular weight excluding hydrogens is 519 g/mol. The lowest BCUT2D eigenvalue weighted by molar-refractivity contribution is 0.0474. The number of carbonyl (C=O) groups is 2. The highest BCUT2D eigenvalue weighted by molar-refractivity contribution is 7.92. The molecule has 4 aromatic rings. The number of esters is 1. The van der Waals surface area contributed by atoms with Crippen LogP contribution in [0.5, 0.6) is 0 Å². The molecule has 0 aliphatic rings. The number of hydrogen-bond donors (Lipinski definition) is 0. The van der Waals surface area contributed by atoms with Crippen LogP contribution >= 0.6 is 0 Å². The molecular formula is C30H29FN2O5S. The molecule has 0 spiro atoms. The van der Waals surface area contributed by atoms with Crippen LogP contribution in [0.1, 0.15) is 44.6 Å². The first-order chi connectivity index (χ1) is 18.6. The number of halogens is 1. The molecule has 0 aliphatic heterocycles. The number of para-hydroxylation sites is 2. The minimum atomic E-state index is -3.98. The average Bonchev–Trinajstić information content (AvgIpc) is 3.22. The van der Waals surface area contributed by atoms with Crippen molar-refractivity contribution < 1.29 is 27.1 Å². The molecule has 202 valence electrons. The van der Waals surface area contributed by atoms with E-state index in [2.05, 4.69) is 0 Å². The maximum Gasteiger partial charge on any atom is 0.338 e. The predicted molar refractivity (Wildman–Crippen MR) is 148 cm³/mol. The molecule has 3 aromatic carbocycles. The number of Topliss-reactive ketones (excluding diaryl/α,β-unsaturated/α-hetero) is 1. The fourth-order valence-corrected chi connectivity index (χ4v) is 6.28. The van der Waals surface area contributed by atoms with Crippen molar-refractivity contribution in [1.82, 2.24) is 4.57 Å². The summed E-state index contributed by atoms with van der Waals surface area (Å²) in [6.45, 7) is 6.47. The van der Waals surface area contributed by atoms with E-state index in [0.29, 0.717) is 33.9 Å². The molecule has 0 saturated carbocycles. The number of ketones is 1. The maximum absolute atomic E-state index is 14.4. The second-order valence-electron chi connectivity index (χ2n) is 9.06. The summed E-state index contributed by atoms with van der Waals surface area (Å²) in [5.74, 6) is -1.71. The van der Waals surface area contributed by atoms with Gasteiger partial charge in [0, 0.05) is 23.5 Å². The number of anilines is 1. The number of sulfonamides is 1. The van der Waals surface area contributed by atoms with Gasteiger partial charge >= 0.3 is 5.97 Å². The Kier molecular flexibility index (Phi) is 8.01. The first-order valence-electron chi connectivity index (χ1n) is 12.4. The molecule has 0 fully saturated rings. The molecule has 39 heavy (non-hydrogen) atoms. The summed E-state index contributed by atoms with van der Waals surface area (Å²) in [6.07, 6.45) is 0. The standard InChI is InChI=1S/C30H29FN2O5S/c1-5-32(24-11-7-6-8-12-24)39(36,37)29-18-23(16-15-20(29)2)30(35)38-19-28(34)25-17-21(3)33(22(25)4)27-14-10-9-13-26(27)31/h6-18H,5,19H2,1-4H3. The van der Waals surface area contributed by atoms with Crippen LogP contribution in [0, 0.1) is 26.6 Å². The summed E-state index contributed by atoms with van der Waals surface area (Å²) in [5.41, 5.74) is 2.77. The number of carbonyl (C=O) groups excluding carboxylic acids is 2. The number of hydrogen-bond acceptors (Lipinski definition) is 5. The molecule has 4 rings (SSSR count). The first-order valence-corrected chi connectivity index (χ1v) is 13.8. The Morgan fingerprint density at radius 3 is 2.26 bits per heavy atom. The molecule has 1 aromatic heterocycles.